The Hall–Kier alpha value is -2.37. The van der Waals surface area contributed by atoms with Crippen molar-refractivity contribution in [3.63, 3.8) is 0 Å². The Balaban J connectivity index is 2.23. The van der Waals surface area contributed by atoms with Gasteiger partial charge in [0.15, 0.2) is 5.76 Å². The molecule has 0 saturated heterocycles. The zero-order chi connectivity index (χ0) is 13.8. The molecule has 0 fully saturated rings. The molecule has 0 aliphatic carbocycles. The van der Waals surface area contributed by atoms with Crippen molar-refractivity contribution >= 4 is 5.91 Å². The molecule has 5 nitrogen and oxygen atoms in total. The number of halogens is 1. The third-order valence-electron chi connectivity index (χ3n) is 2.52. The Morgan fingerprint density at radius 1 is 1.37 bits per heavy atom. The maximum atomic E-state index is 12.8. The third-order valence-corrected chi connectivity index (χ3v) is 2.52. The highest BCUT2D eigenvalue weighted by Gasteiger charge is 2.10. The molecule has 0 bridgehead atoms. The molecule has 1 heterocycles. The van der Waals surface area contributed by atoms with E-state index >= 15 is 0 Å². The molecule has 1 N–H and O–H groups in total. The molecule has 0 aliphatic heterocycles. The van der Waals surface area contributed by atoms with Crippen LogP contribution in [0.25, 0.3) is 11.3 Å². The zero-order valence-corrected chi connectivity index (χ0v) is 10.4. The number of rotatable bonds is 4. The van der Waals surface area contributed by atoms with Crippen LogP contribution in [0.15, 0.2) is 39.7 Å². The van der Waals surface area contributed by atoms with Crippen LogP contribution in [0.1, 0.15) is 6.92 Å². The average molecular weight is 264 g/mol. The Labute approximate surface area is 108 Å². The minimum atomic E-state index is -0.620. The number of hydrogen-bond donors (Lipinski definition) is 1. The van der Waals surface area contributed by atoms with E-state index in [0.29, 0.717) is 17.9 Å². The lowest BCUT2D eigenvalue weighted by atomic mass is 10.2. The van der Waals surface area contributed by atoms with Gasteiger partial charge in [-0.05, 0) is 31.2 Å². The van der Waals surface area contributed by atoms with E-state index in [2.05, 4.69) is 5.32 Å². The van der Waals surface area contributed by atoms with Crippen LogP contribution in [0.4, 0.5) is 4.39 Å². The van der Waals surface area contributed by atoms with Gasteiger partial charge in [-0.1, -0.05) is 0 Å². The lowest BCUT2D eigenvalue weighted by Crippen LogP contribution is -2.30. The average Bonchev–Trinajstić information content (AvgIpc) is 2.72. The second-order valence-electron chi connectivity index (χ2n) is 3.95. The van der Waals surface area contributed by atoms with Gasteiger partial charge in [0, 0.05) is 12.1 Å². The molecule has 2 aromatic rings. The summed E-state index contributed by atoms with van der Waals surface area (Å²) in [6.07, 6.45) is 1.44. The quantitative estimate of drug-likeness (QED) is 0.907. The molecule has 0 atom stereocenters. The Morgan fingerprint density at radius 2 is 2.05 bits per heavy atom. The van der Waals surface area contributed by atoms with Gasteiger partial charge in [-0.15, -0.1) is 0 Å². The van der Waals surface area contributed by atoms with E-state index in [1.165, 1.54) is 35.0 Å². The van der Waals surface area contributed by atoms with E-state index in [-0.39, 0.29) is 18.3 Å². The fraction of sp³-hybridized carbons (Fsp3) is 0.231. The summed E-state index contributed by atoms with van der Waals surface area (Å²) in [4.78, 5) is 23.0. The van der Waals surface area contributed by atoms with Crippen LogP contribution in [-0.4, -0.2) is 17.0 Å². The van der Waals surface area contributed by atoms with E-state index in [9.17, 15) is 14.0 Å². The van der Waals surface area contributed by atoms with Crippen LogP contribution in [0.3, 0.4) is 0 Å². The second kappa shape index (κ2) is 5.51. The predicted octanol–water partition coefficient (Wildman–Crippen LogP) is 1.38. The van der Waals surface area contributed by atoms with E-state index in [1.807, 2.05) is 0 Å². The maximum absolute atomic E-state index is 12.8. The molecule has 6 heteroatoms. The van der Waals surface area contributed by atoms with E-state index in [0.717, 1.165) is 0 Å². The summed E-state index contributed by atoms with van der Waals surface area (Å²) < 4.78 is 19.0. The molecule has 1 aromatic carbocycles. The number of oxazole rings is 1. The van der Waals surface area contributed by atoms with Gasteiger partial charge < -0.3 is 9.73 Å². The summed E-state index contributed by atoms with van der Waals surface area (Å²) in [6.45, 7) is 2.19. The fourth-order valence-corrected chi connectivity index (χ4v) is 1.64. The molecule has 1 aromatic heterocycles. The van der Waals surface area contributed by atoms with Crippen LogP contribution in [-0.2, 0) is 11.3 Å². The summed E-state index contributed by atoms with van der Waals surface area (Å²) in [5.41, 5.74) is 0.577. The van der Waals surface area contributed by atoms with Crippen molar-refractivity contribution in [2.75, 3.05) is 6.54 Å². The van der Waals surface area contributed by atoms with Crippen LogP contribution >= 0.6 is 0 Å². The number of nitrogens with one attached hydrogen (secondary N) is 1. The minimum absolute atomic E-state index is 0.0998. The summed E-state index contributed by atoms with van der Waals surface area (Å²) in [6, 6.07) is 5.56. The molecule has 19 heavy (non-hydrogen) atoms. The van der Waals surface area contributed by atoms with Gasteiger partial charge in [0.25, 0.3) is 0 Å². The van der Waals surface area contributed by atoms with Gasteiger partial charge >= 0.3 is 5.76 Å². The predicted molar refractivity (Wildman–Crippen MR) is 67.0 cm³/mol. The molecule has 2 rings (SSSR count). The monoisotopic (exact) mass is 264 g/mol. The summed E-state index contributed by atoms with van der Waals surface area (Å²) in [5.74, 6) is -0.955. The van der Waals surface area contributed by atoms with Gasteiger partial charge in [0.1, 0.15) is 12.4 Å². The van der Waals surface area contributed by atoms with Crippen molar-refractivity contribution in [2.45, 2.75) is 13.5 Å². The topological polar surface area (TPSA) is 64.2 Å². The zero-order valence-electron chi connectivity index (χ0n) is 10.4. The fourth-order valence-electron chi connectivity index (χ4n) is 1.64. The van der Waals surface area contributed by atoms with Crippen molar-refractivity contribution in [1.29, 1.82) is 0 Å². The van der Waals surface area contributed by atoms with E-state index < -0.39 is 5.76 Å². The first kappa shape index (κ1) is 13.1. The summed E-state index contributed by atoms with van der Waals surface area (Å²) in [7, 11) is 0. The van der Waals surface area contributed by atoms with Crippen molar-refractivity contribution in [2.24, 2.45) is 0 Å². The number of likely N-dealkylation sites (N-methyl/N-ethyl adjacent to an activating group) is 1. The minimum Gasteiger partial charge on any atom is -0.408 e. The lowest BCUT2D eigenvalue weighted by Gasteiger charge is -2.00. The Morgan fingerprint density at radius 3 is 2.68 bits per heavy atom. The Bertz CT molecular complexity index is 628. The first-order chi connectivity index (χ1) is 9.10. The van der Waals surface area contributed by atoms with Crippen molar-refractivity contribution in [1.82, 2.24) is 9.88 Å². The molecular formula is C13H13FN2O3. The highest BCUT2D eigenvalue weighted by molar-refractivity contribution is 5.75. The number of amides is 1. The van der Waals surface area contributed by atoms with Crippen molar-refractivity contribution in [3.8, 4) is 11.3 Å². The second-order valence-corrected chi connectivity index (χ2v) is 3.95. The molecule has 0 radical (unpaired) electrons. The van der Waals surface area contributed by atoms with Crippen molar-refractivity contribution < 1.29 is 13.6 Å². The molecular weight excluding hydrogens is 251 g/mol. The third kappa shape index (κ3) is 3.09. The maximum Gasteiger partial charge on any atom is 0.419 e. The molecule has 0 saturated carbocycles. The van der Waals surface area contributed by atoms with Crippen LogP contribution in [0.5, 0.6) is 0 Å². The first-order valence-electron chi connectivity index (χ1n) is 5.83. The van der Waals surface area contributed by atoms with Crippen molar-refractivity contribution in [3.05, 3.63) is 46.8 Å². The van der Waals surface area contributed by atoms with Crippen LogP contribution in [0, 0.1) is 5.82 Å². The largest absolute Gasteiger partial charge is 0.419 e. The summed E-state index contributed by atoms with van der Waals surface area (Å²) in [5, 5.41) is 2.59. The van der Waals surface area contributed by atoms with E-state index in [1.54, 1.807) is 6.92 Å². The molecule has 0 spiro atoms. The molecule has 0 aliphatic rings. The lowest BCUT2D eigenvalue weighted by molar-refractivity contribution is -0.121. The normalized spacial score (nSPS) is 10.4. The number of benzene rings is 1. The standard InChI is InChI=1S/C13H13FN2O3/c1-2-15-12(17)8-16-7-11(19-13(16)18)9-3-5-10(14)6-4-9/h3-7H,2,8H2,1H3,(H,15,17). The number of aromatic nitrogens is 1. The van der Waals surface area contributed by atoms with Gasteiger partial charge in [-0.2, -0.15) is 0 Å². The van der Waals surface area contributed by atoms with Gasteiger partial charge in [0.2, 0.25) is 5.91 Å². The number of carbonyl (C=O) groups is 1. The number of nitrogens with zero attached hydrogens (tertiary/aromatic N) is 1. The van der Waals surface area contributed by atoms with E-state index in [4.69, 9.17) is 4.42 Å². The first-order valence-corrected chi connectivity index (χ1v) is 5.83. The molecule has 100 valence electrons. The molecule has 0 unspecified atom stereocenters. The van der Waals surface area contributed by atoms with Gasteiger partial charge in [0.05, 0.1) is 6.20 Å². The van der Waals surface area contributed by atoms with Gasteiger partial charge in [-0.3, -0.25) is 9.36 Å². The number of hydrogen-bond acceptors (Lipinski definition) is 3. The van der Waals surface area contributed by atoms with Crippen LogP contribution < -0.4 is 11.1 Å². The number of carbonyl (C=O) groups excluding carboxylic acids is 1. The SMILES string of the molecule is CCNC(=O)Cn1cc(-c2ccc(F)cc2)oc1=O. The molecule has 1 amide bonds. The van der Waals surface area contributed by atoms with Crippen LogP contribution in [0.2, 0.25) is 0 Å². The Kier molecular flexibility index (Phi) is 3.79. The smallest absolute Gasteiger partial charge is 0.408 e. The highest BCUT2D eigenvalue weighted by atomic mass is 19.1. The summed E-state index contributed by atoms with van der Waals surface area (Å²) >= 11 is 0. The highest BCUT2D eigenvalue weighted by Crippen LogP contribution is 2.17. The van der Waals surface area contributed by atoms with Gasteiger partial charge in [-0.25, -0.2) is 9.18 Å².